The Morgan fingerprint density at radius 2 is 2.13 bits per heavy atom. The van der Waals surface area contributed by atoms with Gasteiger partial charge in [-0.05, 0) is 12.5 Å². The summed E-state index contributed by atoms with van der Waals surface area (Å²) in [6.45, 7) is 8.65. The first kappa shape index (κ1) is 12.2. The van der Waals surface area contributed by atoms with Gasteiger partial charge in [0.2, 0.25) is 0 Å². The first-order valence-corrected chi connectivity index (χ1v) is 5.76. The Labute approximate surface area is 92.5 Å². The predicted octanol–water partition coefficient (Wildman–Crippen LogP) is 2.90. The van der Waals surface area contributed by atoms with Crippen LogP contribution in [0.2, 0.25) is 0 Å². The van der Waals surface area contributed by atoms with Crippen LogP contribution in [0.1, 0.15) is 64.4 Å². The lowest BCUT2D eigenvalue weighted by molar-refractivity contribution is 0.566. The summed E-state index contributed by atoms with van der Waals surface area (Å²) in [6, 6.07) is 2.20. The molecular formula is C12H23N3. The molecule has 1 rings (SSSR count). The maximum Gasteiger partial charge on any atom is 0.0678 e. The third kappa shape index (κ3) is 3.34. The van der Waals surface area contributed by atoms with E-state index in [2.05, 4.69) is 44.0 Å². The molecule has 1 heterocycles. The van der Waals surface area contributed by atoms with Crippen molar-refractivity contribution in [2.45, 2.75) is 58.4 Å². The molecule has 3 nitrogen and oxygen atoms in total. The van der Waals surface area contributed by atoms with Gasteiger partial charge in [0, 0.05) is 11.5 Å². The van der Waals surface area contributed by atoms with Crippen molar-refractivity contribution in [2.24, 2.45) is 5.73 Å². The van der Waals surface area contributed by atoms with Gasteiger partial charge in [-0.1, -0.05) is 40.5 Å². The predicted molar refractivity (Wildman–Crippen MR) is 63.7 cm³/mol. The molecule has 0 aliphatic rings. The van der Waals surface area contributed by atoms with Crippen LogP contribution in [-0.4, -0.2) is 10.2 Å². The highest BCUT2D eigenvalue weighted by Gasteiger charge is 2.18. The second kappa shape index (κ2) is 4.79. The van der Waals surface area contributed by atoms with Crippen LogP contribution >= 0.6 is 0 Å². The number of nitrogens with one attached hydrogen (secondary N) is 1. The fraction of sp³-hybridized carbons (Fsp3) is 0.750. The minimum Gasteiger partial charge on any atom is -0.323 e. The van der Waals surface area contributed by atoms with E-state index in [0.29, 0.717) is 0 Å². The zero-order valence-electron chi connectivity index (χ0n) is 10.3. The van der Waals surface area contributed by atoms with Crippen LogP contribution in [0.4, 0.5) is 0 Å². The van der Waals surface area contributed by atoms with Crippen LogP contribution in [0.15, 0.2) is 6.07 Å². The molecule has 0 fully saturated rings. The maximum absolute atomic E-state index is 6.07. The molecule has 0 radical (unpaired) electrons. The third-order valence-corrected chi connectivity index (χ3v) is 2.63. The van der Waals surface area contributed by atoms with E-state index in [9.17, 15) is 0 Å². The number of nitrogens with zero attached hydrogens (tertiary/aromatic N) is 1. The van der Waals surface area contributed by atoms with Crippen molar-refractivity contribution in [3.8, 4) is 0 Å². The number of nitrogens with two attached hydrogens (primary N) is 1. The van der Waals surface area contributed by atoms with Gasteiger partial charge in [-0.2, -0.15) is 5.10 Å². The zero-order valence-corrected chi connectivity index (χ0v) is 10.3. The molecule has 1 atom stereocenters. The van der Waals surface area contributed by atoms with Gasteiger partial charge in [-0.15, -0.1) is 0 Å². The van der Waals surface area contributed by atoms with Crippen LogP contribution in [0, 0.1) is 0 Å². The second-order valence-corrected chi connectivity index (χ2v) is 5.21. The van der Waals surface area contributed by atoms with Gasteiger partial charge >= 0.3 is 0 Å². The van der Waals surface area contributed by atoms with E-state index >= 15 is 0 Å². The lowest BCUT2D eigenvalue weighted by Crippen LogP contribution is -2.12. The molecule has 0 bridgehead atoms. The standard InChI is InChI=1S/C12H23N3/c1-5-6-7-9(13)10-8-11(15-14-10)12(2,3)4/h8-9H,5-7,13H2,1-4H3,(H,14,15). The van der Waals surface area contributed by atoms with Crippen LogP contribution in [0.25, 0.3) is 0 Å². The lowest BCUT2D eigenvalue weighted by atomic mass is 9.92. The summed E-state index contributed by atoms with van der Waals surface area (Å²) >= 11 is 0. The Hall–Kier alpha value is -0.830. The fourth-order valence-corrected chi connectivity index (χ4v) is 1.49. The Balaban J connectivity index is 2.67. The molecule has 0 aromatic carbocycles. The molecule has 0 saturated carbocycles. The lowest BCUT2D eigenvalue weighted by Gasteiger charge is -2.14. The Kier molecular flexibility index (Phi) is 3.91. The highest BCUT2D eigenvalue weighted by Crippen LogP contribution is 2.23. The van der Waals surface area contributed by atoms with Gasteiger partial charge in [0.1, 0.15) is 0 Å². The van der Waals surface area contributed by atoms with Crippen molar-refractivity contribution >= 4 is 0 Å². The normalized spacial score (nSPS) is 14.2. The van der Waals surface area contributed by atoms with E-state index in [1.54, 1.807) is 0 Å². The highest BCUT2D eigenvalue weighted by atomic mass is 15.1. The number of rotatable bonds is 4. The molecule has 0 saturated heterocycles. The second-order valence-electron chi connectivity index (χ2n) is 5.21. The number of H-pyrrole nitrogens is 1. The largest absolute Gasteiger partial charge is 0.323 e. The van der Waals surface area contributed by atoms with E-state index in [0.717, 1.165) is 17.8 Å². The molecule has 15 heavy (non-hydrogen) atoms. The quantitative estimate of drug-likeness (QED) is 0.801. The minimum atomic E-state index is 0.0965. The molecule has 0 aliphatic heterocycles. The zero-order chi connectivity index (χ0) is 11.5. The van der Waals surface area contributed by atoms with Crippen molar-refractivity contribution in [3.63, 3.8) is 0 Å². The topological polar surface area (TPSA) is 54.7 Å². The van der Waals surface area contributed by atoms with E-state index in [4.69, 9.17) is 5.73 Å². The molecule has 1 aromatic heterocycles. The minimum absolute atomic E-state index is 0.0965. The van der Waals surface area contributed by atoms with Gasteiger partial charge < -0.3 is 5.73 Å². The maximum atomic E-state index is 6.07. The Morgan fingerprint density at radius 3 is 2.60 bits per heavy atom. The van der Waals surface area contributed by atoms with Crippen LogP contribution in [0.3, 0.4) is 0 Å². The number of aromatic nitrogens is 2. The van der Waals surface area contributed by atoms with Gasteiger partial charge in [0.25, 0.3) is 0 Å². The molecular weight excluding hydrogens is 186 g/mol. The summed E-state index contributed by atoms with van der Waals surface area (Å²) in [4.78, 5) is 0. The van der Waals surface area contributed by atoms with Crippen molar-refractivity contribution in [1.82, 2.24) is 10.2 Å². The average molecular weight is 209 g/mol. The highest BCUT2D eigenvalue weighted by molar-refractivity contribution is 5.18. The van der Waals surface area contributed by atoms with Gasteiger partial charge in [0.15, 0.2) is 0 Å². The van der Waals surface area contributed by atoms with Crippen LogP contribution in [-0.2, 0) is 5.41 Å². The number of hydrogen-bond acceptors (Lipinski definition) is 2. The van der Waals surface area contributed by atoms with Crippen molar-refractivity contribution in [1.29, 1.82) is 0 Å². The van der Waals surface area contributed by atoms with Gasteiger partial charge in [0.05, 0.1) is 11.4 Å². The summed E-state index contributed by atoms with van der Waals surface area (Å²) in [7, 11) is 0. The van der Waals surface area contributed by atoms with Crippen LogP contribution in [0.5, 0.6) is 0 Å². The Morgan fingerprint density at radius 1 is 1.47 bits per heavy atom. The molecule has 1 aromatic rings. The van der Waals surface area contributed by atoms with Gasteiger partial charge in [-0.25, -0.2) is 0 Å². The fourth-order valence-electron chi connectivity index (χ4n) is 1.49. The molecule has 3 N–H and O–H groups in total. The van der Waals surface area contributed by atoms with E-state index < -0.39 is 0 Å². The smallest absolute Gasteiger partial charge is 0.0678 e. The van der Waals surface area contributed by atoms with E-state index in [-0.39, 0.29) is 11.5 Å². The van der Waals surface area contributed by atoms with E-state index in [1.807, 2.05) is 0 Å². The summed E-state index contributed by atoms with van der Waals surface area (Å²) in [6.07, 6.45) is 3.39. The molecule has 1 unspecified atom stereocenters. The summed E-state index contributed by atoms with van der Waals surface area (Å²) in [5, 5.41) is 7.36. The molecule has 0 aliphatic carbocycles. The monoisotopic (exact) mass is 209 g/mol. The molecule has 86 valence electrons. The first-order valence-electron chi connectivity index (χ1n) is 5.76. The average Bonchev–Trinajstić information content (AvgIpc) is 2.62. The summed E-state index contributed by atoms with van der Waals surface area (Å²) in [5.41, 5.74) is 8.31. The number of hydrogen-bond donors (Lipinski definition) is 2. The molecule has 3 heteroatoms. The first-order chi connectivity index (χ1) is 6.95. The van der Waals surface area contributed by atoms with Crippen molar-refractivity contribution in [3.05, 3.63) is 17.5 Å². The van der Waals surface area contributed by atoms with Crippen molar-refractivity contribution < 1.29 is 0 Å². The third-order valence-electron chi connectivity index (χ3n) is 2.63. The number of aromatic amines is 1. The van der Waals surface area contributed by atoms with Crippen LogP contribution < -0.4 is 5.73 Å². The Bertz CT molecular complexity index is 296. The number of unbranched alkanes of at least 4 members (excludes halogenated alkanes) is 1. The van der Waals surface area contributed by atoms with E-state index in [1.165, 1.54) is 12.8 Å². The molecule has 0 spiro atoms. The summed E-state index contributed by atoms with van der Waals surface area (Å²) < 4.78 is 0. The van der Waals surface area contributed by atoms with Gasteiger partial charge in [-0.3, -0.25) is 5.10 Å². The SMILES string of the molecule is CCCCC(N)c1cc(C(C)(C)C)n[nH]1. The van der Waals surface area contributed by atoms with Crippen molar-refractivity contribution in [2.75, 3.05) is 0 Å². The summed E-state index contributed by atoms with van der Waals surface area (Å²) in [5.74, 6) is 0. The molecule has 0 amide bonds.